The Hall–Kier alpha value is -2.78. The molecule has 0 saturated heterocycles. The van der Waals surface area contributed by atoms with Gasteiger partial charge in [0.1, 0.15) is 5.76 Å². The van der Waals surface area contributed by atoms with Gasteiger partial charge in [0.15, 0.2) is 12.6 Å². The van der Waals surface area contributed by atoms with Crippen LogP contribution >= 0.6 is 0 Å². The van der Waals surface area contributed by atoms with Gasteiger partial charge in [-0.15, -0.1) is 0 Å². The molecule has 2 rings (SSSR count). The van der Waals surface area contributed by atoms with Crippen LogP contribution in [-0.4, -0.2) is 35.4 Å². The van der Waals surface area contributed by atoms with Crippen LogP contribution in [-0.2, 0) is 25.9 Å². The minimum Gasteiger partial charge on any atom is -0.468 e. The van der Waals surface area contributed by atoms with Crippen LogP contribution in [0.2, 0.25) is 0 Å². The predicted octanol–water partition coefficient (Wildman–Crippen LogP) is 3.39. The van der Waals surface area contributed by atoms with Crippen LogP contribution in [0.1, 0.15) is 43.4 Å². The number of aromatic nitrogens is 2. The summed E-state index contributed by atoms with van der Waals surface area (Å²) in [4.78, 5) is 8.28. The van der Waals surface area contributed by atoms with Crippen molar-refractivity contribution in [1.82, 2.24) is 20.8 Å². The molecule has 0 aliphatic carbocycles. The Balaban J connectivity index is 2.03. The summed E-state index contributed by atoms with van der Waals surface area (Å²) in [6.07, 6.45) is -1.50. The number of halogens is 3. The fraction of sp³-hybridized carbons (Fsp3) is 0.526. The minimum atomic E-state index is -4.41. The molecule has 2 heterocycles. The van der Waals surface area contributed by atoms with E-state index < -0.39 is 12.8 Å². The summed E-state index contributed by atoms with van der Waals surface area (Å²) in [5.74, 6) is 1.33. The van der Waals surface area contributed by atoms with E-state index in [4.69, 9.17) is 4.52 Å². The van der Waals surface area contributed by atoms with Crippen molar-refractivity contribution in [3.8, 4) is 5.88 Å². The summed E-state index contributed by atoms with van der Waals surface area (Å²) in [7, 11) is 0. The van der Waals surface area contributed by atoms with Crippen LogP contribution in [0.3, 0.4) is 0 Å². The van der Waals surface area contributed by atoms with Crippen molar-refractivity contribution in [3.63, 3.8) is 0 Å². The zero-order valence-corrected chi connectivity index (χ0v) is 16.8. The molecule has 0 aliphatic rings. The fourth-order valence-corrected chi connectivity index (χ4v) is 2.61. The molecule has 0 aromatic carbocycles. The number of ether oxygens (including phenoxy) is 1. The first kappa shape index (κ1) is 22.5. The van der Waals surface area contributed by atoms with E-state index in [2.05, 4.69) is 30.5 Å². The van der Waals surface area contributed by atoms with Crippen LogP contribution in [0, 0.1) is 0 Å². The second-order valence-corrected chi connectivity index (χ2v) is 6.19. The van der Waals surface area contributed by atoms with E-state index in [0.717, 1.165) is 29.9 Å². The van der Waals surface area contributed by atoms with Gasteiger partial charge >= 0.3 is 6.18 Å². The zero-order chi connectivity index (χ0) is 21.3. The van der Waals surface area contributed by atoms with Gasteiger partial charge in [0.25, 0.3) is 0 Å². The average Bonchev–Trinajstić information content (AvgIpc) is 3.10. The summed E-state index contributed by atoms with van der Waals surface area (Å²) >= 11 is 0. The monoisotopic (exact) mass is 413 g/mol. The van der Waals surface area contributed by atoms with Crippen molar-refractivity contribution < 1.29 is 22.4 Å². The Morgan fingerprint density at radius 3 is 2.66 bits per heavy atom. The lowest BCUT2D eigenvalue weighted by atomic mass is 10.1. The zero-order valence-electron chi connectivity index (χ0n) is 16.8. The molecule has 29 heavy (non-hydrogen) atoms. The Morgan fingerprint density at radius 2 is 2.00 bits per heavy atom. The second kappa shape index (κ2) is 10.7. The fourth-order valence-electron chi connectivity index (χ4n) is 2.61. The van der Waals surface area contributed by atoms with Gasteiger partial charge in [0, 0.05) is 37.3 Å². The number of aliphatic imine (C=N–C) groups is 1. The molecule has 0 saturated carbocycles. The first-order chi connectivity index (χ1) is 13.9. The molecule has 0 fully saturated rings. The third-order valence-electron chi connectivity index (χ3n) is 3.99. The van der Waals surface area contributed by atoms with Gasteiger partial charge in [0.2, 0.25) is 5.88 Å². The molecule has 2 aromatic heterocycles. The van der Waals surface area contributed by atoms with E-state index in [1.54, 1.807) is 6.07 Å². The molecule has 0 unspecified atom stereocenters. The lowest BCUT2D eigenvalue weighted by molar-refractivity contribution is -0.154. The Bertz CT molecular complexity index is 784. The molecule has 160 valence electrons. The molecule has 7 nitrogen and oxygen atoms in total. The Labute approximate surface area is 167 Å². The second-order valence-electron chi connectivity index (χ2n) is 6.19. The third kappa shape index (κ3) is 7.28. The van der Waals surface area contributed by atoms with Gasteiger partial charge in [-0.05, 0) is 25.0 Å². The number of alkyl halides is 3. The molecule has 0 radical (unpaired) electrons. The quantitative estimate of drug-likeness (QED) is 0.484. The molecule has 0 amide bonds. The van der Waals surface area contributed by atoms with E-state index >= 15 is 0 Å². The summed E-state index contributed by atoms with van der Waals surface area (Å²) in [6, 6.07) is 3.13. The number of nitrogens with one attached hydrogen (secondary N) is 2. The molecular formula is C19H26F3N5O2. The Kier molecular flexibility index (Phi) is 8.29. The van der Waals surface area contributed by atoms with E-state index in [-0.39, 0.29) is 12.4 Å². The number of nitrogens with zero attached hydrogens (tertiary/aromatic N) is 3. The maximum absolute atomic E-state index is 12.3. The van der Waals surface area contributed by atoms with Crippen molar-refractivity contribution in [2.75, 3.05) is 13.2 Å². The Morgan fingerprint density at radius 1 is 1.21 bits per heavy atom. The maximum atomic E-state index is 12.3. The van der Waals surface area contributed by atoms with Crippen molar-refractivity contribution >= 4 is 5.96 Å². The van der Waals surface area contributed by atoms with E-state index in [9.17, 15) is 13.2 Å². The molecule has 0 atom stereocenters. The lowest BCUT2D eigenvalue weighted by Gasteiger charge is -2.12. The van der Waals surface area contributed by atoms with Crippen molar-refractivity contribution in [1.29, 1.82) is 0 Å². The normalized spacial score (nSPS) is 12.1. The highest BCUT2D eigenvalue weighted by atomic mass is 19.4. The van der Waals surface area contributed by atoms with Crippen molar-refractivity contribution in [2.45, 2.75) is 52.9 Å². The predicted molar refractivity (Wildman–Crippen MR) is 103 cm³/mol. The first-order valence-corrected chi connectivity index (χ1v) is 9.49. The van der Waals surface area contributed by atoms with Crippen LogP contribution in [0.25, 0.3) is 0 Å². The summed E-state index contributed by atoms with van der Waals surface area (Å²) in [5, 5.41) is 10.5. The summed E-state index contributed by atoms with van der Waals surface area (Å²) in [5.41, 5.74) is 2.61. The number of aryl methyl sites for hydroxylation is 2. The van der Waals surface area contributed by atoms with Crippen LogP contribution in [0.5, 0.6) is 5.88 Å². The SMILES string of the molecule is CCNC(=NCc1ccnc(OCC(F)(F)F)c1)NCc1c(CC)noc1CC. The maximum Gasteiger partial charge on any atom is 0.422 e. The number of hydrogen-bond acceptors (Lipinski definition) is 5. The van der Waals surface area contributed by atoms with Gasteiger partial charge in [-0.3, -0.25) is 0 Å². The smallest absolute Gasteiger partial charge is 0.422 e. The highest BCUT2D eigenvalue weighted by Gasteiger charge is 2.28. The molecule has 0 aliphatic heterocycles. The van der Waals surface area contributed by atoms with Crippen LogP contribution in [0.4, 0.5) is 13.2 Å². The molecule has 10 heteroatoms. The van der Waals surface area contributed by atoms with Gasteiger partial charge in [0.05, 0.1) is 12.2 Å². The van der Waals surface area contributed by atoms with E-state index in [1.165, 1.54) is 12.3 Å². The molecule has 0 spiro atoms. The van der Waals surface area contributed by atoms with Gasteiger partial charge in [-0.2, -0.15) is 13.2 Å². The highest BCUT2D eigenvalue weighted by Crippen LogP contribution is 2.18. The van der Waals surface area contributed by atoms with Gasteiger partial charge in [-0.25, -0.2) is 9.98 Å². The molecular weight excluding hydrogens is 387 g/mol. The molecule has 2 N–H and O–H groups in total. The van der Waals surface area contributed by atoms with Crippen molar-refractivity contribution in [3.05, 3.63) is 40.9 Å². The standard InChI is InChI=1S/C19H26F3N5O2/c1-4-15-14(16(5-2)29-27-15)11-26-18(23-6-3)25-10-13-7-8-24-17(9-13)28-12-19(20,21)22/h7-9H,4-6,10-12H2,1-3H3,(H2,23,25,26). The summed E-state index contributed by atoms with van der Waals surface area (Å²) < 4.78 is 46.9. The number of pyridine rings is 1. The van der Waals surface area contributed by atoms with Crippen molar-refractivity contribution in [2.24, 2.45) is 4.99 Å². The van der Waals surface area contributed by atoms with Gasteiger partial charge in [-0.1, -0.05) is 19.0 Å². The molecule has 0 bridgehead atoms. The number of hydrogen-bond donors (Lipinski definition) is 2. The summed E-state index contributed by atoms with van der Waals surface area (Å²) in [6.45, 7) is 6.01. The van der Waals surface area contributed by atoms with E-state index in [0.29, 0.717) is 24.6 Å². The minimum absolute atomic E-state index is 0.0855. The largest absolute Gasteiger partial charge is 0.468 e. The number of rotatable bonds is 9. The van der Waals surface area contributed by atoms with E-state index in [1.807, 2.05) is 20.8 Å². The topological polar surface area (TPSA) is 84.6 Å². The third-order valence-corrected chi connectivity index (χ3v) is 3.99. The van der Waals surface area contributed by atoms with Crippen LogP contribution < -0.4 is 15.4 Å². The lowest BCUT2D eigenvalue weighted by Crippen LogP contribution is -2.37. The first-order valence-electron chi connectivity index (χ1n) is 9.49. The average molecular weight is 413 g/mol. The van der Waals surface area contributed by atoms with Gasteiger partial charge < -0.3 is 19.9 Å². The number of guanidine groups is 1. The highest BCUT2D eigenvalue weighted by molar-refractivity contribution is 5.79. The molecule has 2 aromatic rings. The van der Waals surface area contributed by atoms with Crippen LogP contribution in [0.15, 0.2) is 27.8 Å².